The number of rotatable bonds is 4. The van der Waals surface area contributed by atoms with Gasteiger partial charge in [0, 0.05) is 24.2 Å². The Morgan fingerprint density at radius 3 is 2.09 bits per heavy atom. The van der Waals surface area contributed by atoms with E-state index in [2.05, 4.69) is 103 Å². The number of carbonyl (C=O) groups excluding carboxylic acids is 1. The van der Waals surface area contributed by atoms with E-state index in [1.54, 1.807) is 9.42 Å². The predicted molar refractivity (Wildman–Crippen MR) is 180 cm³/mol. The molecule has 2 aliphatic rings. The molecule has 45 heavy (non-hydrogen) atoms. The Bertz CT molecular complexity index is 1530. The van der Waals surface area contributed by atoms with Gasteiger partial charge >= 0.3 is 6.09 Å². The Kier molecular flexibility index (Phi) is 8.91. The molecule has 244 valence electrons. The van der Waals surface area contributed by atoms with Crippen molar-refractivity contribution in [3.63, 3.8) is 0 Å². The maximum atomic E-state index is 13.4. The summed E-state index contributed by atoms with van der Waals surface area (Å²) in [6.07, 6.45) is 2.57. The largest absolute Gasteiger partial charge is 0.415 e. The fourth-order valence-electron chi connectivity index (χ4n) is 7.68. The summed E-state index contributed by atoms with van der Waals surface area (Å²) >= 11 is 0. The summed E-state index contributed by atoms with van der Waals surface area (Å²) < 4.78 is 13.3. The summed E-state index contributed by atoms with van der Waals surface area (Å²) in [6, 6.07) is 8.45. The second-order valence-corrected chi connectivity index (χ2v) is 16.7. The van der Waals surface area contributed by atoms with Crippen LogP contribution in [0.15, 0.2) is 24.3 Å². The zero-order chi connectivity index (χ0) is 32.9. The summed E-state index contributed by atoms with van der Waals surface area (Å²) in [5.74, 6) is 2.84. The number of benzene rings is 1. The fraction of sp³-hybridized carbons (Fsp3) is 0.649. The summed E-state index contributed by atoms with van der Waals surface area (Å²) in [5, 5.41) is 3.41. The summed E-state index contributed by atoms with van der Waals surface area (Å²) in [6.45, 7) is 33.3. The molecule has 0 spiro atoms. The number of nitrogens with zero attached hydrogens (tertiary/aromatic N) is 4. The number of hydrogen-bond acceptors (Lipinski definition) is 4. The normalized spacial score (nSPS) is 23.3. The Hall–Kier alpha value is -3.31. The molecule has 8 heteroatoms. The van der Waals surface area contributed by atoms with E-state index in [1.807, 2.05) is 0 Å². The van der Waals surface area contributed by atoms with Crippen molar-refractivity contribution in [1.29, 1.82) is 0 Å². The summed E-state index contributed by atoms with van der Waals surface area (Å²) in [4.78, 5) is 24.2. The Labute approximate surface area is 269 Å². The van der Waals surface area contributed by atoms with E-state index in [1.165, 1.54) is 5.56 Å². The lowest BCUT2D eigenvalue weighted by Gasteiger charge is -2.51. The van der Waals surface area contributed by atoms with Gasteiger partial charge in [-0.3, -0.25) is 5.10 Å². The van der Waals surface area contributed by atoms with Gasteiger partial charge in [0.15, 0.2) is 5.82 Å². The minimum Gasteiger partial charge on any atom is -0.402 e. The number of H-pyrrole nitrogens is 1. The van der Waals surface area contributed by atoms with Crippen LogP contribution in [0, 0.1) is 41.1 Å². The van der Waals surface area contributed by atoms with Crippen LogP contribution in [0.5, 0.6) is 5.88 Å². The van der Waals surface area contributed by atoms with E-state index in [9.17, 15) is 4.79 Å². The minimum absolute atomic E-state index is 0.0396. The number of hydrogen-bond donors (Lipinski definition) is 1. The van der Waals surface area contributed by atoms with Crippen LogP contribution in [0.25, 0.3) is 21.9 Å². The third-order valence-corrected chi connectivity index (χ3v) is 10.2. The number of ether oxygens (including phenoxy) is 2. The molecule has 1 aliphatic heterocycles. The average Bonchev–Trinajstić information content (AvgIpc) is 3.51. The Morgan fingerprint density at radius 2 is 1.58 bits per heavy atom. The minimum atomic E-state index is -0.466. The first-order chi connectivity index (χ1) is 21.0. The SMILES string of the molecule is [C-]#[N+]c1c(CC2C(C(C)(C)C)CC(C)CC2C(C)(C)C)c2nc(-c3ccc(C(C)(C)C)cc3)[nH]n2c1OC(=O)N1CCOCC1. The highest BCUT2D eigenvalue weighted by Crippen LogP contribution is 2.54. The lowest BCUT2D eigenvalue weighted by molar-refractivity contribution is -0.0136. The topological polar surface area (TPSA) is 76.2 Å². The molecule has 1 aliphatic carbocycles. The molecule has 1 N–H and O–H groups in total. The van der Waals surface area contributed by atoms with Gasteiger partial charge in [-0.05, 0) is 64.7 Å². The van der Waals surface area contributed by atoms with Crippen molar-refractivity contribution in [1.82, 2.24) is 19.5 Å². The first-order valence-corrected chi connectivity index (χ1v) is 16.6. The molecule has 8 nitrogen and oxygen atoms in total. The third kappa shape index (κ3) is 6.79. The molecule has 2 atom stereocenters. The van der Waals surface area contributed by atoms with Gasteiger partial charge in [0.1, 0.15) is 5.65 Å². The van der Waals surface area contributed by atoms with Gasteiger partial charge in [-0.2, -0.15) is 0 Å². The summed E-state index contributed by atoms with van der Waals surface area (Å²) in [7, 11) is 0. The van der Waals surface area contributed by atoms with Crippen LogP contribution in [-0.2, 0) is 16.6 Å². The van der Waals surface area contributed by atoms with Crippen LogP contribution < -0.4 is 4.74 Å². The first kappa shape index (κ1) is 33.1. The molecule has 3 heterocycles. The smallest absolute Gasteiger partial charge is 0.402 e. The molecule has 1 aromatic carbocycles. The van der Waals surface area contributed by atoms with Gasteiger partial charge in [-0.25, -0.2) is 19.1 Å². The zero-order valence-corrected chi connectivity index (χ0v) is 29.1. The zero-order valence-electron chi connectivity index (χ0n) is 29.1. The Balaban J connectivity index is 1.64. The molecule has 2 fully saturated rings. The molecule has 0 bridgehead atoms. The number of amides is 1. The van der Waals surface area contributed by atoms with Crippen LogP contribution in [0.3, 0.4) is 0 Å². The Morgan fingerprint density at radius 1 is 1.00 bits per heavy atom. The molecule has 3 aromatic rings. The van der Waals surface area contributed by atoms with E-state index in [0.717, 1.165) is 24.0 Å². The van der Waals surface area contributed by atoms with Crippen molar-refractivity contribution >= 4 is 17.4 Å². The van der Waals surface area contributed by atoms with E-state index in [-0.39, 0.29) is 22.1 Å². The van der Waals surface area contributed by atoms with Crippen molar-refractivity contribution in [2.75, 3.05) is 26.3 Å². The van der Waals surface area contributed by atoms with E-state index >= 15 is 0 Å². The van der Waals surface area contributed by atoms with Crippen molar-refractivity contribution < 1.29 is 14.3 Å². The predicted octanol–water partition coefficient (Wildman–Crippen LogP) is 8.92. The molecular weight excluding hydrogens is 562 g/mol. The number of aromatic amines is 1. The van der Waals surface area contributed by atoms with Crippen LogP contribution in [0.2, 0.25) is 0 Å². The lowest BCUT2D eigenvalue weighted by atomic mass is 9.54. The monoisotopic (exact) mass is 615 g/mol. The molecular formula is C37H53N5O3. The summed E-state index contributed by atoms with van der Waals surface area (Å²) in [5.41, 5.74) is 4.36. The van der Waals surface area contributed by atoms with E-state index in [0.29, 0.717) is 73.6 Å². The first-order valence-electron chi connectivity index (χ1n) is 16.6. The second-order valence-electron chi connectivity index (χ2n) is 16.7. The number of aromatic nitrogens is 3. The molecule has 2 aromatic heterocycles. The second kappa shape index (κ2) is 12.1. The molecule has 0 radical (unpaired) electrons. The highest BCUT2D eigenvalue weighted by Gasteiger charge is 2.46. The maximum Gasteiger partial charge on any atom is 0.415 e. The molecule has 2 unspecified atom stereocenters. The standard InChI is InChI=1S/C37H53N5O3/c1-23-20-28(36(5,6)7)26(29(21-23)37(8,9)10)22-27-30(38-11)33(45-34(43)41-16-18-44-19-17-41)42-32(27)39-31(40-42)24-12-14-25(15-13-24)35(2,3)4/h12-15,23,26,28-29H,16-22H2,1-10H3,(H,39,40). The van der Waals surface area contributed by atoms with Gasteiger partial charge in [-0.15, -0.1) is 0 Å². The number of nitrogens with one attached hydrogen (secondary N) is 1. The molecule has 1 amide bonds. The van der Waals surface area contributed by atoms with Gasteiger partial charge in [0.05, 0.1) is 19.8 Å². The molecule has 5 rings (SSSR count). The van der Waals surface area contributed by atoms with Crippen LogP contribution in [-0.4, -0.2) is 51.9 Å². The van der Waals surface area contributed by atoms with Crippen molar-refractivity contribution in [3.05, 3.63) is 46.8 Å². The van der Waals surface area contributed by atoms with Gasteiger partial charge < -0.3 is 14.4 Å². The van der Waals surface area contributed by atoms with E-state index in [4.69, 9.17) is 21.0 Å². The number of fused-ring (bicyclic) bond motifs is 1. The van der Waals surface area contributed by atoms with Crippen molar-refractivity contribution in [3.8, 4) is 17.3 Å². The molecule has 1 saturated heterocycles. The highest BCUT2D eigenvalue weighted by atomic mass is 16.6. The van der Waals surface area contributed by atoms with Gasteiger partial charge in [0.2, 0.25) is 5.88 Å². The number of morpholine rings is 1. The number of carbonyl (C=O) groups is 1. The highest BCUT2D eigenvalue weighted by molar-refractivity contribution is 5.80. The maximum absolute atomic E-state index is 13.4. The average molecular weight is 616 g/mol. The van der Waals surface area contributed by atoms with Crippen LogP contribution in [0.4, 0.5) is 10.5 Å². The lowest BCUT2D eigenvalue weighted by Crippen LogP contribution is -2.44. The van der Waals surface area contributed by atoms with Crippen molar-refractivity contribution in [2.24, 2.45) is 34.5 Å². The quantitative estimate of drug-likeness (QED) is 0.297. The van der Waals surface area contributed by atoms with Gasteiger partial charge in [0.25, 0.3) is 5.69 Å². The van der Waals surface area contributed by atoms with E-state index < -0.39 is 6.09 Å². The van der Waals surface area contributed by atoms with Crippen molar-refractivity contribution in [2.45, 2.75) is 93.9 Å². The third-order valence-electron chi connectivity index (χ3n) is 10.2. The molecule has 1 saturated carbocycles. The van der Waals surface area contributed by atoms with Gasteiger partial charge in [-0.1, -0.05) is 93.5 Å². The van der Waals surface area contributed by atoms with Crippen LogP contribution >= 0.6 is 0 Å². The fourth-order valence-corrected chi connectivity index (χ4v) is 7.68. The van der Waals surface area contributed by atoms with Crippen LogP contribution in [0.1, 0.15) is 93.2 Å².